The van der Waals surface area contributed by atoms with Crippen molar-refractivity contribution in [2.75, 3.05) is 7.11 Å². The third kappa shape index (κ3) is 3.33. The summed E-state index contributed by atoms with van der Waals surface area (Å²) < 4.78 is 5.88. The Hall–Kier alpha value is -3.01. The van der Waals surface area contributed by atoms with Crippen LogP contribution in [0.3, 0.4) is 0 Å². The maximum Gasteiger partial charge on any atom is 0.283 e. The van der Waals surface area contributed by atoms with Gasteiger partial charge in [-0.3, -0.25) is 4.79 Å². The quantitative estimate of drug-likeness (QED) is 0.746. The molecule has 0 radical (unpaired) electrons. The van der Waals surface area contributed by atoms with E-state index in [0.717, 1.165) is 28.0 Å². The Morgan fingerprint density at radius 1 is 0.958 bits per heavy atom. The number of rotatable bonds is 4. The van der Waals surface area contributed by atoms with Gasteiger partial charge in [0.15, 0.2) is 0 Å². The molecule has 0 bridgehead atoms. The van der Waals surface area contributed by atoms with Crippen molar-refractivity contribution in [3.8, 4) is 16.9 Å². The first-order valence-corrected chi connectivity index (χ1v) is 7.72. The van der Waals surface area contributed by atoms with E-state index in [1.807, 2.05) is 61.5 Å². The molecule has 0 aliphatic heterocycles. The Morgan fingerprint density at radius 2 is 1.54 bits per heavy atom. The van der Waals surface area contributed by atoms with Crippen LogP contribution in [0.5, 0.6) is 5.75 Å². The minimum atomic E-state index is -0.403. The van der Waals surface area contributed by atoms with Gasteiger partial charge >= 0.3 is 0 Å². The standard InChI is InChI=1S/C20H19NO3/c1-14-11-18(21(23)20(22)12-14)13-15-3-5-16(6-4-15)17-7-9-19(24-2)10-8-17/h3-12,23H,13H2,1-2H3. The van der Waals surface area contributed by atoms with Crippen LogP contribution in [0.25, 0.3) is 11.1 Å². The summed E-state index contributed by atoms with van der Waals surface area (Å²) in [4.78, 5) is 11.6. The van der Waals surface area contributed by atoms with Gasteiger partial charge in [0.2, 0.25) is 0 Å². The summed E-state index contributed by atoms with van der Waals surface area (Å²) in [5, 5.41) is 9.86. The molecule has 1 N–H and O–H groups in total. The summed E-state index contributed by atoms with van der Waals surface area (Å²) in [6, 6.07) is 19.2. The third-order valence-electron chi connectivity index (χ3n) is 3.99. The minimum absolute atomic E-state index is 0.403. The Labute approximate surface area is 140 Å². The first kappa shape index (κ1) is 15.9. The summed E-state index contributed by atoms with van der Waals surface area (Å²) in [6.45, 7) is 1.84. The second-order valence-electron chi connectivity index (χ2n) is 5.78. The van der Waals surface area contributed by atoms with Crippen molar-refractivity contribution >= 4 is 0 Å². The first-order valence-electron chi connectivity index (χ1n) is 7.72. The predicted molar refractivity (Wildman–Crippen MR) is 93.9 cm³/mol. The lowest BCUT2D eigenvalue weighted by Crippen LogP contribution is -2.21. The van der Waals surface area contributed by atoms with E-state index in [1.54, 1.807) is 7.11 Å². The zero-order valence-electron chi connectivity index (χ0n) is 13.7. The molecule has 0 spiro atoms. The van der Waals surface area contributed by atoms with Gasteiger partial charge < -0.3 is 9.94 Å². The molecular weight excluding hydrogens is 302 g/mol. The van der Waals surface area contributed by atoms with E-state index in [0.29, 0.717) is 16.8 Å². The van der Waals surface area contributed by atoms with Crippen molar-refractivity contribution in [3.63, 3.8) is 0 Å². The van der Waals surface area contributed by atoms with Crippen LogP contribution in [-0.4, -0.2) is 17.0 Å². The van der Waals surface area contributed by atoms with Crippen LogP contribution in [0.15, 0.2) is 65.5 Å². The minimum Gasteiger partial charge on any atom is -0.497 e. The molecule has 1 aromatic heterocycles. The summed E-state index contributed by atoms with van der Waals surface area (Å²) in [5.74, 6) is 0.829. The lowest BCUT2D eigenvalue weighted by molar-refractivity contribution is 0.166. The van der Waals surface area contributed by atoms with Crippen molar-refractivity contribution < 1.29 is 9.94 Å². The fourth-order valence-corrected chi connectivity index (χ4v) is 2.70. The lowest BCUT2D eigenvalue weighted by Gasteiger charge is -2.09. The molecule has 2 aromatic carbocycles. The summed E-state index contributed by atoms with van der Waals surface area (Å²) in [6.07, 6.45) is 0.496. The zero-order valence-corrected chi connectivity index (χ0v) is 13.7. The molecule has 0 aliphatic rings. The number of nitrogens with zero attached hydrogens (tertiary/aromatic N) is 1. The molecule has 3 rings (SSSR count). The highest BCUT2D eigenvalue weighted by Crippen LogP contribution is 2.23. The lowest BCUT2D eigenvalue weighted by atomic mass is 10.0. The molecule has 0 atom stereocenters. The molecule has 4 heteroatoms. The Morgan fingerprint density at radius 3 is 2.12 bits per heavy atom. The number of hydrogen-bond acceptors (Lipinski definition) is 3. The number of aromatic nitrogens is 1. The normalized spacial score (nSPS) is 10.6. The van der Waals surface area contributed by atoms with Gasteiger partial charge in [-0.15, -0.1) is 0 Å². The fourth-order valence-electron chi connectivity index (χ4n) is 2.70. The molecule has 0 unspecified atom stereocenters. The second kappa shape index (κ2) is 6.62. The highest BCUT2D eigenvalue weighted by atomic mass is 16.5. The van der Waals surface area contributed by atoms with Crippen molar-refractivity contribution in [1.29, 1.82) is 0 Å². The molecule has 1 heterocycles. The smallest absolute Gasteiger partial charge is 0.283 e. The van der Waals surface area contributed by atoms with Crippen molar-refractivity contribution in [2.45, 2.75) is 13.3 Å². The van der Waals surface area contributed by atoms with E-state index in [-0.39, 0.29) is 0 Å². The molecule has 0 amide bonds. The van der Waals surface area contributed by atoms with E-state index in [2.05, 4.69) is 0 Å². The highest BCUT2D eigenvalue weighted by molar-refractivity contribution is 5.64. The van der Waals surface area contributed by atoms with Crippen LogP contribution in [0, 0.1) is 6.92 Å². The number of aryl methyl sites for hydroxylation is 1. The van der Waals surface area contributed by atoms with Gasteiger partial charge in [0.1, 0.15) is 5.75 Å². The van der Waals surface area contributed by atoms with Gasteiger partial charge in [0.05, 0.1) is 12.8 Å². The highest BCUT2D eigenvalue weighted by Gasteiger charge is 2.06. The third-order valence-corrected chi connectivity index (χ3v) is 3.99. The van der Waals surface area contributed by atoms with Gasteiger partial charge in [-0.1, -0.05) is 36.4 Å². The van der Waals surface area contributed by atoms with E-state index >= 15 is 0 Å². The summed E-state index contributed by atoms with van der Waals surface area (Å²) in [7, 11) is 1.65. The van der Waals surface area contributed by atoms with Crippen LogP contribution >= 0.6 is 0 Å². The molecule has 0 saturated carbocycles. The first-order chi connectivity index (χ1) is 11.6. The van der Waals surface area contributed by atoms with Crippen LogP contribution in [0.4, 0.5) is 0 Å². The molecular formula is C20H19NO3. The monoisotopic (exact) mass is 321 g/mol. The van der Waals surface area contributed by atoms with Crippen LogP contribution in [-0.2, 0) is 6.42 Å². The van der Waals surface area contributed by atoms with E-state index in [1.165, 1.54) is 6.07 Å². The molecule has 122 valence electrons. The second-order valence-corrected chi connectivity index (χ2v) is 5.78. The topological polar surface area (TPSA) is 51.5 Å². The summed E-state index contributed by atoms with van der Waals surface area (Å²) in [5.41, 5.74) is 4.26. The molecule has 0 aliphatic carbocycles. The van der Waals surface area contributed by atoms with Crippen LogP contribution in [0.1, 0.15) is 16.8 Å². The number of ether oxygens (including phenoxy) is 1. The van der Waals surface area contributed by atoms with Gasteiger partial charge in [-0.05, 0) is 47.4 Å². The van der Waals surface area contributed by atoms with Crippen molar-refractivity contribution in [2.24, 2.45) is 0 Å². The van der Waals surface area contributed by atoms with E-state index in [4.69, 9.17) is 4.74 Å². The number of benzene rings is 2. The molecule has 3 aromatic rings. The molecule has 0 fully saturated rings. The fraction of sp³-hybridized carbons (Fsp3) is 0.150. The number of methoxy groups -OCH3 is 1. The Balaban J connectivity index is 1.83. The molecule has 4 nitrogen and oxygen atoms in total. The van der Waals surface area contributed by atoms with Crippen molar-refractivity contribution in [1.82, 2.24) is 4.73 Å². The summed E-state index contributed by atoms with van der Waals surface area (Å²) >= 11 is 0. The van der Waals surface area contributed by atoms with Crippen molar-refractivity contribution in [3.05, 3.63) is 87.8 Å². The molecule has 24 heavy (non-hydrogen) atoms. The van der Waals surface area contributed by atoms with E-state index in [9.17, 15) is 10.0 Å². The maximum absolute atomic E-state index is 11.6. The largest absolute Gasteiger partial charge is 0.497 e. The Bertz CT molecular complexity index is 894. The Kier molecular flexibility index (Phi) is 4.38. The average molecular weight is 321 g/mol. The SMILES string of the molecule is COc1ccc(-c2ccc(Cc3cc(C)cc(=O)n3O)cc2)cc1. The number of pyridine rings is 1. The average Bonchev–Trinajstić information content (AvgIpc) is 2.60. The van der Waals surface area contributed by atoms with Gasteiger partial charge in [0.25, 0.3) is 5.56 Å². The van der Waals surface area contributed by atoms with Crippen LogP contribution in [0.2, 0.25) is 0 Å². The van der Waals surface area contributed by atoms with Gasteiger partial charge in [-0.25, -0.2) is 0 Å². The maximum atomic E-state index is 11.6. The van der Waals surface area contributed by atoms with E-state index < -0.39 is 5.56 Å². The zero-order chi connectivity index (χ0) is 17.1. The van der Waals surface area contributed by atoms with Crippen LogP contribution < -0.4 is 10.3 Å². The number of hydrogen-bond donors (Lipinski definition) is 1. The van der Waals surface area contributed by atoms with Gasteiger partial charge in [0, 0.05) is 12.5 Å². The molecule has 0 saturated heterocycles. The predicted octanol–water partition coefficient (Wildman–Crippen LogP) is 3.66. The van der Waals surface area contributed by atoms with Gasteiger partial charge in [-0.2, -0.15) is 4.73 Å².